The molecule has 0 saturated heterocycles. The second-order valence-corrected chi connectivity index (χ2v) is 5.74. The summed E-state index contributed by atoms with van der Waals surface area (Å²) in [6.45, 7) is 2.23. The lowest BCUT2D eigenvalue weighted by Gasteiger charge is -2.25. The van der Waals surface area contributed by atoms with Gasteiger partial charge in [0, 0.05) is 4.88 Å². The summed E-state index contributed by atoms with van der Waals surface area (Å²) in [4.78, 5) is 12.0. The Bertz CT molecular complexity index is 402. The van der Waals surface area contributed by atoms with E-state index in [0.29, 0.717) is 11.8 Å². The summed E-state index contributed by atoms with van der Waals surface area (Å²) in [5, 5.41) is 0. The normalized spacial score (nSPS) is 25.6. The van der Waals surface area contributed by atoms with E-state index in [0.717, 1.165) is 17.7 Å². The van der Waals surface area contributed by atoms with Crippen LogP contribution in [0.5, 0.6) is 0 Å². The lowest BCUT2D eigenvalue weighted by Crippen LogP contribution is -2.11. The minimum atomic E-state index is -0.655. The Balaban J connectivity index is 2.20. The standard InChI is InChI=1S/C12H16FNOS/c1-7-3-2-4-8(5-7)10-6-9(13)11(16-10)12(14)15/h6-8H,2-5H2,1H3,(H2,14,15). The molecule has 0 bridgehead atoms. The van der Waals surface area contributed by atoms with Crippen LogP contribution in [0.1, 0.15) is 53.1 Å². The lowest BCUT2D eigenvalue weighted by atomic mass is 9.82. The van der Waals surface area contributed by atoms with E-state index in [-0.39, 0.29) is 4.88 Å². The molecule has 4 heteroatoms. The zero-order chi connectivity index (χ0) is 11.7. The van der Waals surface area contributed by atoms with Crippen LogP contribution < -0.4 is 5.73 Å². The van der Waals surface area contributed by atoms with Crippen molar-refractivity contribution in [3.8, 4) is 0 Å². The molecule has 88 valence electrons. The summed E-state index contributed by atoms with van der Waals surface area (Å²) in [5.41, 5.74) is 5.12. The molecule has 16 heavy (non-hydrogen) atoms. The van der Waals surface area contributed by atoms with Gasteiger partial charge in [0.15, 0.2) is 0 Å². The molecule has 1 saturated carbocycles. The molecule has 0 aliphatic heterocycles. The highest BCUT2D eigenvalue weighted by molar-refractivity contribution is 7.14. The van der Waals surface area contributed by atoms with Gasteiger partial charge in [-0.3, -0.25) is 4.79 Å². The number of hydrogen-bond acceptors (Lipinski definition) is 2. The van der Waals surface area contributed by atoms with Crippen molar-refractivity contribution in [1.29, 1.82) is 0 Å². The van der Waals surface area contributed by atoms with E-state index < -0.39 is 11.7 Å². The maximum atomic E-state index is 13.4. The summed E-state index contributed by atoms with van der Waals surface area (Å²) in [6, 6.07) is 1.49. The Morgan fingerprint density at radius 3 is 2.88 bits per heavy atom. The maximum Gasteiger partial charge on any atom is 0.261 e. The van der Waals surface area contributed by atoms with Crippen LogP contribution in [0.15, 0.2) is 6.07 Å². The van der Waals surface area contributed by atoms with Gasteiger partial charge in [0.2, 0.25) is 0 Å². The van der Waals surface area contributed by atoms with Crippen LogP contribution >= 0.6 is 11.3 Å². The number of nitrogens with two attached hydrogens (primary N) is 1. The van der Waals surface area contributed by atoms with E-state index in [2.05, 4.69) is 6.92 Å². The molecule has 2 unspecified atom stereocenters. The number of carbonyl (C=O) groups is 1. The van der Waals surface area contributed by atoms with Gasteiger partial charge in [-0.05, 0) is 30.7 Å². The molecule has 1 aromatic rings. The third kappa shape index (κ3) is 2.26. The number of thiophene rings is 1. The van der Waals surface area contributed by atoms with E-state index in [4.69, 9.17) is 5.73 Å². The van der Waals surface area contributed by atoms with Crippen LogP contribution in [0.4, 0.5) is 4.39 Å². The summed E-state index contributed by atoms with van der Waals surface area (Å²) in [6.07, 6.45) is 4.64. The molecule has 0 aromatic carbocycles. The highest BCUT2D eigenvalue weighted by Crippen LogP contribution is 2.39. The molecule has 1 amide bonds. The smallest absolute Gasteiger partial charge is 0.261 e. The van der Waals surface area contributed by atoms with Crippen molar-refractivity contribution in [3.05, 3.63) is 21.6 Å². The summed E-state index contributed by atoms with van der Waals surface area (Å²) in [5.74, 6) is 0.000578. The molecule has 1 heterocycles. The summed E-state index contributed by atoms with van der Waals surface area (Å²) < 4.78 is 13.4. The Morgan fingerprint density at radius 2 is 2.31 bits per heavy atom. The zero-order valence-corrected chi connectivity index (χ0v) is 10.1. The molecule has 2 rings (SSSR count). The average Bonchev–Trinajstić information content (AvgIpc) is 2.60. The zero-order valence-electron chi connectivity index (χ0n) is 9.33. The van der Waals surface area contributed by atoms with Crippen LogP contribution in [-0.4, -0.2) is 5.91 Å². The molecule has 2 N–H and O–H groups in total. The van der Waals surface area contributed by atoms with Gasteiger partial charge >= 0.3 is 0 Å². The molecule has 0 spiro atoms. The van der Waals surface area contributed by atoms with Gasteiger partial charge in [-0.25, -0.2) is 4.39 Å². The topological polar surface area (TPSA) is 43.1 Å². The fraction of sp³-hybridized carbons (Fsp3) is 0.583. The maximum absolute atomic E-state index is 13.4. The highest BCUT2D eigenvalue weighted by Gasteiger charge is 2.24. The van der Waals surface area contributed by atoms with Crippen molar-refractivity contribution in [1.82, 2.24) is 0 Å². The first kappa shape index (κ1) is 11.6. The minimum absolute atomic E-state index is 0.0771. The molecular weight excluding hydrogens is 225 g/mol. The van der Waals surface area contributed by atoms with E-state index in [1.54, 1.807) is 0 Å². The molecule has 0 radical (unpaired) electrons. The van der Waals surface area contributed by atoms with Crippen molar-refractivity contribution in [2.45, 2.75) is 38.5 Å². The van der Waals surface area contributed by atoms with E-state index in [1.165, 1.54) is 30.2 Å². The van der Waals surface area contributed by atoms with Gasteiger partial charge in [-0.15, -0.1) is 11.3 Å². The van der Waals surface area contributed by atoms with Gasteiger partial charge in [-0.2, -0.15) is 0 Å². The molecule has 2 nitrogen and oxygen atoms in total. The largest absolute Gasteiger partial charge is 0.365 e. The third-order valence-electron chi connectivity index (χ3n) is 3.27. The monoisotopic (exact) mass is 241 g/mol. The van der Waals surface area contributed by atoms with Crippen molar-refractivity contribution in [2.75, 3.05) is 0 Å². The number of rotatable bonds is 2. The number of primary amides is 1. The quantitative estimate of drug-likeness (QED) is 0.848. The number of carbonyl (C=O) groups excluding carboxylic acids is 1. The minimum Gasteiger partial charge on any atom is -0.365 e. The predicted molar refractivity (Wildman–Crippen MR) is 63.2 cm³/mol. The van der Waals surface area contributed by atoms with Gasteiger partial charge in [0.05, 0.1) is 0 Å². The predicted octanol–water partition coefficient (Wildman–Crippen LogP) is 3.28. The summed E-state index contributed by atoms with van der Waals surface area (Å²) >= 11 is 1.23. The Morgan fingerprint density at radius 1 is 1.56 bits per heavy atom. The van der Waals surface area contributed by atoms with E-state index in [1.807, 2.05) is 0 Å². The first-order valence-electron chi connectivity index (χ1n) is 5.67. The first-order chi connectivity index (χ1) is 7.58. The average molecular weight is 241 g/mol. The van der Waals surface area contributed by atoms with Gasteiger partial charge in [0.25, 0.3) is 5.91 Å². The van der Waals surface area contributed by atoms with Crippen molar-refractivity contribution >= 4 is 17.2 Å². The van der Waals surface area contributed by atoms with Gasteiger partial charge < -0.3 is 5.73 Å². The summed E-state index contributed by atoms with van der Waals surface area (Å²) in [7, 11) is 0. The second kappa shape index (κ2) is 4.53. The fourth-order valence-corrected chi connectivity index (χ4v) is 3.48. The fourth-order valence-electron chi connectivity index (χ4n) is 2.45. The number of amides is 1. The van der Waals surface area contributed by atoms with Crippen molar-refractivity contribution in [3.63, 3.8) is 0 Å². The molecule has 2 atom stereocenters. The first-order valence-corrected chi connectivity index (χ1v) is 6.48. The Labute approximate surface area is 98.7 Å². The Hall–Kier alpha value is -0.900. The van der Waals surface area contributed by atoms with Crippen LogP contribution in [0.3, 0.4) is 0 Å². The molecular formula is C12H16FNOS. The molecule has 1 aliphatic carbocycles. The highest BCUT2D eigenvalue weighted by atomic mass is 32.1. The van der Waals surface area contributed by atoms with Crippen LogP contribution in [-0.2, 0) is 0 Å². The lowest BCUT2D eigenvalue weighted by molar-refractivity contribution is 0.100. The molecule has 1 aliphatic rings. The van der Waals surface area contributed by atoms with Gasteiger partial charge in [-0.1, -0.05) is 19.8 Å². The van der Waals surface area contributed by atoms with Crippen LogP contribution in [0, 0.1) is 11.7 Å². The van der Waals surface area contributed by atoms with Crippen LogP contribution in [0.2, 0.25) is 0 Å². The SMILES string of the molecule is CC1CCCC(c2cc(F)c(C(N)=O)s2)C1. The Kier molecular flexibility index (Phi) is 3.28. The van der Waals surface area contributed by atoms with E-state index in [9.17, 15) is 9.18 Å². The van der Waals surface area contributed by atoms with Crippen LogP contribution in [0.25, 0.3) is 0 Å². The molecule has 1 aromatic heterocycles. The van der Waals surface area contributed by atoms with Gasteiger partial charge in [0.1, 0.15) is 10.7 Å². The van der Waals surface area contributed by atoms with E-state index >= 15 is 0 Å². The van der Waals surface area contributed by atoms with Crippen molar-refractivity contribution < 1.29 is 9.18 Å². The number of hydrogen-bond donors (Lipinski definition) is 1. The third-order valence-corrected chi connectivity index (χ3v) is 4.56. The number of halogens is 1. The second-order valence-electron chi connectivity index (χ2n) is 4.66. The molecule has 1 fully saturated rings. The van der Waals surface area contributed by atoms with Crippen molar-refractivity contribution in [2.24, 2.45) is 11.7 Å².